The summed E-state index contributed by atoms with van der Waals surface area (Å²) in [5, 5.41) is 8.40. The summed E-state index contributed by atoms with van der Waals surface area (Å²) >= 11 is 1.59. The van der Waals surface area contributed by atoms with E-state index in [9.17, 15) is 4.39 Å². The van der Waals surface area contributed by atoms with Crippen molar-refractivity contribution in [3.8, 4) is 5.75 Å². The Morgan fingerprint density at radius 3 is 2.93 bits per heavy atom. The number of aromatic nitrogens is 2. The second kappa shape index (κ2) is 10.5. The Kier molecular flexibility index (Phi) is 8.29. The molecule has 27 heavy (non-hydrogen) atoms. The number of aliphatic imine (C=N–C) groups is 1. The van der Waals surface area contributed by atoms with Crippen molar-refractivity contribution < 1.29 is 9.13 Å². The van der Waals surface area contributed by atoms with Gasteiger partial charge in [-0.15, -0.1) is 35.3 Å². The first kappa shape index (κ1) is 21.4. The van der Waals surface area contributed by atoms with Gasteiger partial charge in [0.15, 0.2) is 22.5 Å². The number of imidazole rings is 1. The van der Waals surface area contributed by atoms with Crippen LogP contribution in [-0.2, 0) is 6.54 Å². The molecule has 0 saturated carbocycles. The highest BCUT2D eigenvalue weighted by molar-refractivity contribution is 14.0. The van der Waals surface area contributed by atoms with E-state index in [0.29, 0.717) is 19.0 Å². The molecule has 0 spiro atoms. The minimum Gasteiger partial charge on any atom is -0.486 e. The van der Waals surface area contributed by atoms with Gasteiger partial charge in [0.05, 0.1) is 18.8 Å². The lowest BCUT2D eigenvalue weighted by Crippen LogP contribution is -2.41. The van der Waals surface area contributed by atoms with E-state index in [1.807, 2.05) is 36.0 Å². The van der Waals surface area contributed by atoms with Gasteiger partial charge in [-0.2, -0.15) is 0 Å². The van der Waals surface area contributed by atoms with Gasteiger partial charge in [0, 0.05) is 24.3 Å². The summed E-state index contributed by atoms with van der Waals surface area (Å²) in [4.78, 5) is 10.0. The maximum absolute atomic E-state index is 13.6. The highest BCUT2D eigenvalue weighted by atomic mass is 127. The third kappa shape index (κ3) is 6.06. The number of hydrogen-bond donors (Lipinski definition) is 2. The van der Waals surface area contributed by atoms with E-state index in [1.54, 1.807) is 29.5 Å². The summed E-state index contributed by atoms with van der Waals surface area (Å²) in [5.74, 6) is 0.564. The van der Waals surface area contributed by atoms with E-state index in [-0.39, 0.29) is 41.6 Å². The number of halogens is 2. The second-order valence-electron chi connectivity index (χ2n) is 5.76. The van der Waals surface area contributed by atoms with Crippen LogP contribution in [0.15, 0.2) is 47.0 Å². The lowest BCUT2D eigenvalue weighted by atomic mass is 10.3. The first-order valence-electron chi connectivity index (χ1n) is 8.50. The van der Waals surface area contributed by atoms with E-state index in [2.05, 4.69) is 20.6 Å². The topological polar surface area (TPSA) is 63.0 Å². The van der Waals surface area contributed by atoms with Gasteiger partial charge >= 0.3 is 0 Å². The SMILES string of the molecule is CCNC(=NCc1cn2ccsc2n1)NCC(C)Oc1ccccc1F.I. The number of guanidine groups is 1. The van der Waals surface area contributed by atoms with Gasteiger partial charge in [-0.25, -0.2) is 14.4 Å². The molecule has 1 unspecified atom stereocenters. The van der Waals surface area contributed by atoms with Crippen LogP contribution in [0.3, 0.4) is 0 Å². The summed E-state index contributed by atoms with van der Waals surface area (Å²) in [6.45, 7) is 5.60. The molecule has 1 atom stereocenters. The van der Waals surface area contributed by atoms with Gasteiger partial charge in [-0.1, -0.05) is 12.1 Å². The number of para-hydroxylation sites is 1. The number of hydrogen-bond acceptors (Lipinski definition) is 4. The van der Waals surface area contributed by atoms with E-state index >= 15 is 0 Å². The molecule has 6 nitrogen and oxygen atoms in total. The zero-order valence-electron chi connectivity index (χ0n) is 15.2. The van der Waals surface area contributed by atoms with Gasteiger partial charge in [-0.3, -0.25) is 4.40 Å². The Bertz CT molecular complexity index is 853. The zero-order valence-corrected chi connectivity index (χ0v) is 18.3. The minimum atomic E-state index is -0.361. The molecule has 0 saturated heterocycles. The van der Waals surface area contributed by atoms with E-state index in [0.717, 1.165) is 17.2 Å². The van der Waals surface area contributed by atoms with Crippen molar-refractivity contribution in [2.75, 3.05) is 13.1 Å². The molecule has 1 aromatic carbocycles. The van der Waals surface area contributed by atoms with Gasteiger partial charge < -0.3 is 15.4 Å². The van der Waals surface area contributed by atoms with Crippen molar-refractivity contribution in [3.05, 3.63) is 53.6 Å². The fraction of sp³-hybridized carbons (Fsp3) is 0.333. The second-order valence-corrected chi connectivity index (χ2v) is 6.63. The summed E-state index contributed by atoms with van der Waals surface area (Å²) < 4.78 is 21.3. The molecule has 0 aliphatic rings. The molecule has 0 bridgehead atoms. The molecule has 146 valence electrons. The number of benzene rings is 1. The van der Waals surface area contributed by atoms with Crippen LogP contribution in [0.4, 0.5) is 4.39 Å². The number of fused-ring (bicyclic) bond motifs is 1. The fourth-order valence-corrected chi connectivity index (χ4v) is 3.11. The smallest absolute Gasteiger partial charge is 0.193 e. The lowest BCUT2D eigenvalue weighted by molar-refractivity contribution is 0.214. The number of nitrogens with one attached hydrogen (secondary N) is 2. The van der Waals surface area contributed by atoms with Crippen LogP contribution in [0.2, 0.25) is 0 Å². The fourth-order valence-electron chi connectivity index (χ4n) is 2.39. The van der Waals surface area contributed by atoms with Crippen LogP contribution in [0.5, 0.6) is 5.75 Å². The predicted molar refractivity (Wildman–Crippen MR) is 118 cm³/mol. The quantitative estimate of drug-likeness (QED) is 0.294. The summed E-state index contributed by atoms with van der Waals surface area (Å²) in [6.07, 6.45) is 3.74. The van der Waals surface area contributed by atoms with Crippen molar-refractivity contribution in [2.45, 2.75) is 26.5 Å². The Hall–Kier alpha value is -1.88. The van der Waals surface area contributed by atoms with Gasteiger partial charge in [0.2, 0.25) is 0 Å². The van der Waals surface area contributed by atoms with Crippen molar-refractivity contribution >= 4 is 46.2 Å². The molecule has 2 aromatic heterocycles. The van der Waals surface area contributed by atoms with Crippen molar-refractivity contribution in [2.24, 2.45) is 4.99 Å². The summed E-state index contributed by atoms with van der Waals surface area (Å²) in [5.41, 5.74) is 0.907. The van der Waals surface area contributed by atoms with Gasteiger partial charge in [-0.05, 0) is 26.0 Å². The van der Waals surface area contributed by atoms with Crippen molar-refractivity contribution in [3.63, 3.8) is 0 Å². The molecule has 0 aliphatic carbocycles. The van der Waals surface area contributed by atoms with Gasteiger partial charge in [0.25, 0.3) is 0 Å². The molecule has 9 heteroatoms. The van der Waals surface area contributed by atoms with Crippen LogP contribution in [0, 0.1) is 5.82 Å². The third-order valence-corrected chi connectivity index (χ3v) is 4.38. The van der Waals surface area contributed by atoms with Crippen LogP contribution < -0.4 is 15.4 Å². The van der Waals surface area contributed by atoms with Crippen molar-refractivity contribution in [1.82, 2.24) is 20.0 Å². The maximum Gasteiger partial charge on any atom is 0.193 e. The van der Waals surface area contributed by atoms with Crippen LogP contribution in [0.1, 0.15) is 19.5 Å². The van der Waals surface area contributed by atoms with Crippen molar-refractivity contribution in [1.29, 1.82) is 0 Å². The van der Waals surface area contributed by atoms with Gasteiger partial charge in [0.1, 0.15) is 6.10 Å². The maximum atomic E-state index is 13.6. The molecule has 0 radical (unpaired) electrons. The number of nitrogens with zero attached hydrogens (tertiary/aromatic N) is 3. The average Bonchev–Trinajstić information content (AvgIpc) is 3.21. The molecule has 0 amide bonds. The Morgan fingerprint density at radius 1 is 1.37 bits per heavy atom. The third-order valence-electron chi connectivity index (χ3n) is 3.61. The average molecular weight is 503 g/mol. The van der Waals surface area contributed by atoms with Crippen LogP contribution in [-0.4, -0.2) is 34.5 Å². The summed E-state index contributed by atoms with van der Waals surface area (Å²) in [7, 11) is 0. The molecular formula is C18H23FIN5OS. The Morgan fingerprint density at radius 2 is 2.19 bits per heavy atom. The molecule has 0 aliphatic heterocycles. The largest absolute Gasteiger partial charge is 0.486 e. The van der Waals surface area contributed by atoms with E-state index < -0.39 is 0 Å². The highest BCUT2D eigenvalue weighted by Crippen LogP contribution is 2.16. The monoisotopic (exact) mass is 503 g/mol. The first-order chi connectivity index (χ1) is 12.7. The first-order valence-corrected chi connectivity index (χ1v) is 9.38. The predicted octanol–water partition coefficient (Wildman–Crippen LogP) is 3.68. The standard InChI is InChI=1S/C18H22FN5OS.HI/c1-3-20-17(22-11-14-12-24-8-9-26-18(24)23-14)21-10-13(2)25-16-7-5-4-6-15(16)19;/h4-9,12-13H,3,10-11H2,1-2H3,(H2,20,21,22);1H. The molecule has 0 fully saturated rings. The Balaban J connectivity index is 0.00000261. The normalized spacial score (nSPS) is 12.5. The zero-order chi connectivity index (χ0) is 18.4. The highest BCUT2D eigenvalue weighted by Gasteiger charge is 2.09. The summed E-state index contributed by atoms with van der Waals surface area (Å²) in [6, 6.07) is 6.40. The molecule has 2 N–H and O–H groups in total. The molecule has 3 aromatic rings. The molecule has 3 rings (SSSR count). The molecule has 2 heterocycles. The van der Waals surface area contributed by atoms with E-state index in [1.165, 1.54) is 6.07 Å². The van der Waals surface area contributed by atoms with Crippen LogP contribution in [0.25, 0.3) is 4.96 Å². The van der Waals surface area contributed by atoms with Crippen LogP contribution >= 0.6 is 35.3 Å². The Labute approximate surface area is 178 Å². The molecular weight excluding hydrogens is 480 g/mol. The minimum absolute atomic E-state index is 0. The number of rotatable bonds is 7. The lowest BCUT2D eigenvalue weighted by Gasteiger charge is -2.17. The van der Waals surface area contributed by atoms with E-state index in [4.69, 9.17) is 4.74 Å². The number of ether oxygens (including phenoxy) is 1. The number of thiazole rings is 1.